The van der Waals surface area contributed by atoms with Gasteiger partial charge in [0.25, 0.3) is 5.56 Å². The van der Waals surface area contributed by atoms with Crippen LogP contribution in [0.5, 0.6) is 5.75 Å². The Balaban J connectivity index is 1.87. The van der Waals surface area contributed by atoms with E-state index in [1.54, 1.807) is 25.3 Å². The fourth-order valence-corrected chi connectivity index (χ4v) is 1.58. The molecule has 0 amide bonds. The van der Waals surface area contributed by atoms with Crippen molar-refractivity contribution in [3.8, 4) is 5.75 Å². The molecule has 0 unspecified atom stereocenters. The number of hydrogen-bond donors (Lipinski definition) is 1. The Morgan fingerprint density at radius 1 is 1.16 bits per heavy atom. The summed E-state index contributed by atoms with van der Waals surface area (Å²) in [5.74, 6) is 0.697. The molecule has 1 N–H and O–H groups in total. The van der Waals surface area contributed by atoms with E-state index >= 15 is 0 Å². The first-order chi connectivity index (χ1) is 9.29. The topological polar surface area (TPSA) is 73.4 Å². The normalized spacial score (nSPS) is 10.8. The van der Waals surface area contributed by atoms with Crippen LogP contribution in [0.2, 0.25) is 0 Å². The second-order valence-corrected chi connectivity index (χ2v) is 3.91. The van der Waals surface area contributed by atoms with Gasteiger partial charge in [0.2, 0.25) is 0 Å². The summed E-state index contributed by atoms with van der Waals surface area (Å²) in [7, 11) is 1.63. The SMILES string of the molecule is COCCOCCOc1ccc2cc(=O)[nH]nc2c1. The Morgan fingerprint density at radius 2 is 2.00 bits per heavy atom. The van der Waals surface area contributed by atoms with Gasteiger partial charge in [-0.2, -0.15) is 5.10 Å². The summed E-state index contributed by atoms with van der Waals surface area (Å²) < 4.78 is 15.7. The number of hydrogen-bond acceptors (Lipinski definition) is 5. The van der Waals surface area contributed by atoms with E-state index in [4.69, 9.17) is 14.2 Å². The van der Waals surface area contributed by atoms with Crippen LogP contribution >= 0.6 is 0 Å². The molecule has 6 heteroatoms. The fraction of sp³-hybridized carbons (Fsp3) is 0.385. The number of nitrogens with one attached hydrogen (secondary N) is 1. The molecule has 2 rings (SSSR count). The highest BCUT2D eigenvalue weighted by Gasteiger charge is 1.99. The monoisotopic (exact) mass is 264 g/mol. The molecule has 0 bridgehead atoms. The number of nitrogens with zero attached hydrogens (tertiary/aromatic N) is 1. The molecule has 102 valence electrons. The first-order valence-electron chi connectivity index (χ1n) is 5.98. The van der Waals surface area contributed by atoms with Gasteiger partial charge >= 0.3 is 0 Å². The zero-order chi connectivity index (χ0) is 13.5. The predicted octanol–water partition coefficient (Wildman–Crippen LogP) is 0.965. The smallest absolute Gasteiger partial charge is 0.264 e. The third kappa shape index (κ3) is 4.04. The van der Waals surface area contributed by atoms with E-state index in [-0.39, 0.29) is 5.56 Å². The van der Waals surface area contributed by atoms with Crippen molar-refractivity contribution >= 4 is 10.9 Å². The zero-order valence-corrected chi connectivity index (χ0v) is 10.7. The molecule has 1 aromatic heterocycles. The lowest BCUT2D eigenvalue weighted by Crippen LogP contribution is -2.10. The first-order valence-corrected chi connectivity index (χ1v) is 5.98. The van der Waals surface area contributed by atoms with Gasteiger partial charge in [0, 0.05) is 24.6 Å². The van der Waals surface area contributed by atoms with Crippen LogP contribution in [0.25, 0.3) is 10.9 Å². The van der Waals surface area contributed by atoms with E-state index < -0.39 is 0 Å². The van der Waals surface area contributed by atoms with Crippen LogP contribution < -0.4 is 10.3 Å². The third-order valence-corrected chi connectivity index (χ3v) is 2.50. The van der Waals surface area contributed by atoms with E-state index in [2.05, 4.69) is 10.2 Å². The maximum atomic E-state index is 11.1. The first kappa shape index (κ1) is 13.5. The number of ether oxygens (including phenoxy) is 3. The minimum Gasteiger partial charge on any atom is -0.491 e. The molecule has 1 heterocycles. The highest BCUT2D eigenvalue weighted by Crippen LogP contribution is 2.17. The van der Waals surface area contributed by atoms with Crippen molar-refractivity contribution in [2.24, 2.45) is 0 Å². The van der Waals surface area contributed by atoms with Gasteiger partial charge in [0.15, 0.2) is 0 Å². The molecular formula is C13H16N2O4. The Morgan fingerprint density at radius 3 is 2.84 bits per heavy atom. The number of rotatable bonds is 7. The van der Waals surface area contributed by atoms with Crippen molar-refractivity contribution in [3.05, 3.63) is 34.6 Å². The lowest BCUT2D eigenvalue weighted by molar-refractivity contribution is 0.0544. The Bertz CT molecular complexity index is 582. The van der Waals surface area contributed by atoms with Gasteiger partial charge in [0.05, 0.1) is 25.3 Å². The molecule has 0 saturated carbocycles. The Labute approximate surface area is 110 Å². The Kier molecular flexibility index (Phi) is 4.88. The molecule has 0 atom stereocenters. The van der Waals surface area contributed by atoms with Gasteiger partial charge in [-0.3, -0.25) is 4.79 Å². The van der Waals surface area contributed by atoms with Crippen molar-refractivity contribution in [2.45, 2.75) is 0 Å². The van der Waals surface area contributed by atoms with Crippen LogP contribution in [0, 0.1) is 0 Å². The molecule has 2 aromatic rings. The number of methoxy groups -OCH3 is 1. The van der Waals surface area contributed by atoms with Crippen molar-refractivity contribution in [1.29, 1.82) is 0 Å². The maximum absolute atomic E-state index is 11.1. The van der Waals surface area contributed by atoms with Gasteiger partial charge < -0.3 is 14.2 Å². The van der Waals surface area contributed by atoms with Crippen molar-refractivity contribution in [3.63, 3.8) is 0 Å². The van der Waals surface area contributed by atoms with Gasteiger partial charge in [0.1, 0.15) is 12.4 Å². The number of aromatic nitrogens is 2. The minimum atomic E-state index is -0.215. The minimum absolute atomic E-state index is 0.215. The second kappa shape index (κ2) is 6.86. The maximum Gasteiger partial charge on any atom is 0.264 e. The fourth-order valence-electron chi connectivity index (χ4n) is 1.58. The largest absolute Gasteiger partial charge is 0.491 e. The summed E-state index contributed by atoms with van der Waals surface area (Å²) in [4.78, 5) is 11.1. The average Bonchev–Trinajstić information content (AvgIpc) is 2.43. The predicted molar refractivity (Wildman–Crippen MR) is 70.6 cm³/mol. The van der Waals surface area contributed by atoms with E-state index in [0.29, 0.717) is 37.7 Å². The van der Waals surface area contributed by atoms with Crippen LogP contribution in [-0.4, -0.2) is 43.7 Å². The van der Waals surface area contributed by atoms with Crippen molar-refractivity contribution < 1.29 is 14.2 Å². The quantitative estimate of drug-likeness (QED) is 0.754. The number of benzene rings is 1. The second-order valence-electron chi connectivity index (χ2n) is 3.91. The molecule has 0 spiro atoms. The summed E-state index contributed by atoms with van der Waals surface area (Å²) in [6.07, 6.45) is 0. The molecule has 0 radical (unpaired) electrons. The summed E-state index contributed by atoms with van der Waals surface area (Å²) in [6.45, 7) is 2.09. The molecule has 0 aliphatic heterocycles. The number of H-pyrrole nitrogens is 1. The molecule has 19 heavy (non-hydrogen) atoms. The van der Waals surface area contributed by atoms with Crippen molar-refractivity contribution in [2.75, 3.05) is 33.5 Å². The van der Waals surface area contributed by atoms with E-state index in [9.17, 15) is 4.79 Å². The molecule has 0 saturated heterocycles. The molecular weight excluding hydrogens is 248 g/mol. The summed E-state index contributed by atoms with van der Waals surface area (Å²) in [5.41, 5.74) is 0.477. The van der Waals surface area contributed by atoms with Gasteiger partial charge in [-0.15, -0.1) is 0 Å². The molecule has 0 aliphatic rings. The Hall–Kier alpha value is -1.92. The lowest BCUT2D eigenvalue weighted by atomic mass is 10.2. The zero-order valence-electron chi connectivity index (χ0n) is 10.7. The van der Waals surface area contributed by atoms with Crippen LogP contribution in [0.3, 0.4) is 0 Å². The van der Waals surface area contributed by atoms with E-state index in [0.717, 1.165) is 5.39 Å². The number of aromatic amines is 1. The molecule has 0 fully saturated rings. The number of fused-ring (bicyclic) bond motifs is 1. The van der Waals surface area contributed by atoms with Crippen LogP contribution in [0.15, 0.2) is 29.1 Å². The van der Waals surface area contributed by atoms with Gasteiger partial charge in [-0.25, -0.2) is 5.10 Å². The molecule has 6 nitrogen and oxygen atoms in total. The van der Waals surface area contributed by atoms with Crippen LogP contribution in [-0.2, 0) is 9.47 Å². The standard InChI is InChI=1S/C13H16N2O4/c1-17-4-5-18-6-7-19-11-3-2-10-8-13(16)15-14-12(10)9-11/h2-3,8-9H,4-7H2,1H3,(H,15,16). The van der Waals surface area contributed by atoms with E-state index in [1.807, 2.05) is 0 Å². The third-order valence-electron chi connectivity index (χ3n) is 2.50. The summed E-state index contributed by atoms with van der Waals surface area (Å²) >= 11 is 0. The summed E-state index contributed by atoms with van der Waals surface area (Å²) in [5, 5.41) is 7.12. The van der Waals surface area contributed by atoms with Gasteiger partial charge in [-0.1, -0.05) is 0 Å². The van der Waals surface area contributed by atoms with Crippen LogP contribution in [0.4, 0.5) is 0 Å². The highest BCUT2D eigenvalue weighted by atomic mass is 16.5. The van der Waals surface area contributed by atoms with Crippen molar-refractivity contribution in [1.82, 2.24) is 10.2 Å². The average molecular weight is 264 g/mol. The molecule has 0 aliphatic carbocycles. The van der Waals surface area contributed by atoms with E-state index in [1.165, 1.54) is 6.07 Å². The molecule has 1 aromatic carbocycles. The lowest BCUT2D eigenvalue weighted by Gasteiger charge is -2.07. The van der Waals surface area contributed by atoms with Crippen LogP contribution in [0.1, 0.15) is 0 Å². The summed E-state index contributed by atoms with van der Waals surface area (Å²) in [6, 6.07) is 6.89. The highest BCUT2D eigenvalue weighted by molar-refractivity contribution is 5.79. The van der Waals surface area contributed by atoms with Gasteiger partial charge in [-0.05, 0) is 12.1 Å².